The van der Waals surface area contributed by atoms with E-state index in [4.69, 9.17) is 0 Å². The SMILES string of the molecule is Cc1ccc(B(c2cccnc2)c2cccnc2)cn1. The number of nitrogens with zero attached hydrogens (tertiary/aromatic N) is 3. The smallest absolute Gasteiger partial charge is 0.247 e. The van der Waals surface area contributed by atoms with E-state index in [2.05, 4.69) is 33.2 Å². The van der Waals surface area contributed by atoms with Crippen molar-refractivity contribution in [1.82, 2.24) is 15.0 Å². The summed E-state index contributed by atoms with van der Waals surface area (Å²) in [6, 6.07) is 12.2. The van der Waals surface area contributed by atoms with E-state index in [9.17, 15) is 0 Å². The summed E-state index contributed by atoms with van der Waals surface area (Å²) in [6.07, 6.45) is 9.31. The van der Waals surface area contributed by atoms with Crippen molar-refractivity contribution >= 4 is 23.1 Å². The van der Waals surface area contributed by atoms with Crippen LogP contribution in [0.15, 0.2) is 67.4 Å². The Bertz CT molecular complexity index is 630. The van der Waals surface area contributed by atoms with Gasteiger partial charge in [0, 0.05) is 36.7 Å². The zero-order valence-corrected chi connectivity index (χ0v) is 11.3. The molecule has 20 heavy (non-hydrogen) atoms. The minimum atomic E-state index is 0.116. The van der Waals surface area contributed by atoms with Gasteiger partial charge in [-0.3, -0.25) is 15.0 Å². The topological polar surface area (TPSA) is 38.7 Å². The number of hydrogen-bond donors (Lipinski definition) is 0. The first kappa shape index (κ1) is 12.5. The summed E-state index contributed by atoms with van der Waals surface area (Å²) < 4.78 is 0. The van der Waals surface area contributed by atoms with Gasteiger partial charge in [-0.25, -0.2) is 0 Å². The molecule has 0 aromatic carbocycles. The highest BCUT2D eigenvalue weighted by molar-refractivity contribution is 6.95. The predicted octanol–water partition coefficient (Wildman–Crippen LogP) is 0.696. The van der Waals surface area contributed by atoms with Gasteiger partial charge in [0.1, 0.15) is 0 Å². The van der Waals surface area contributed by atoms with E-state index in [1.807, 2.05) is 43.7 Å². The van der Waals surface area contributed by atoms with Crippen molar-refractivity contribution in [3.05, 3.63) is 73.1 Å². The van der Waals surface area contributed by atoms with Crippen LogP contribution in [-0.4, -0.2) is 21.7 Å². The Morgan fingerprint density at radius 2 is 1.35 bits per heavy atom. The lowest BCUT2D eigenvalue weighted by atomic mass is 9.37. The van der Waals surface area contributed by atoms with Gasteiger partial charge in [-0.1, -0.05) is 34.6 Å². The standard InChI is InChI=1S/C16H14BN3/c1-13-6-7-16(12-20-13)17(14-4-2-8-18-10-14)15-5-3-9-19-11-15/h2-12H,1H3. The average molecular weight is 259 g/mol. The Hall–Kier alpha value is -2.49. The fourth-order valence-electron chi connectivity index (χ4n) is 2.32. The summed E-state index contributed by atoms with van der Waals surface area (Å²) in [5.74, 6) is 0. The Balaban J connectivity index is 2.11. The molecule has 0 radical (unpaired) electrons. The molecule has 3 nitrogen and oxygen atoms in total. The fraction of sp³-hybridized carbons (Fsp3) is 0.0625. The van der Waals surface area contributed by atoms with Crippen molar-refractivity contribution in [3.8, 4) is 0 Å². The second-order valence-electron chi connectivity index (χ2n) is 4.74. The van der Waals surface area contributed by atoms with E-state index in [-0.39, 0.29) is 6.71 Å². The highest BCUT2D eigenvalue weighted by atomic mass is 14.7. The van der Waals surface area contributed by atoms with Gasteiger partial charge in [-0.15, -0.1) is 0 Å². The molecule has 3 aromatic rings. The van der Waals surface area contributed by atoms with Gasteiger partial charge in [0.25, 0.3) is 0 Å². The Kier molecular flexibility index (Phi) is 3.55. The molecule has 3 rings (SSSR count). The van der Waals surface area contributed by atoms with Crippen LogP contribution in [0.5, 0.6) is 0 Å². The molecule has 0 saturated carbocycles. The average Bonchev–Trinajstić information content (AvgIpc) is 2.52. The fourth-order valence-corrected chi connectivity index (χ4v) is 2.32. The van der Waals surface area contributed by atoms with E-state index in [0.717, 1.165) is 22.1 Å². The van der Waals surface area contributed by atoms with Crippen molar-refractivity contribution in [1.29, 1.82) is 0 Å². The third-order valence-corrected chi connectivity index (χ3v) is 3.30. The van der Waals surface area contributed by atoms with E-state index in [1.54, 1.807) is 12.4 Å². The molecule has 0 amide bonds. The zero-order chi connectivity index (χ0) is 13.8. The van der Waals surface area contributed by atoms with Crippen molar-refractivity contribution in [2.24, 2.45) is 0 Å². The van der Waals surface area contributed by atoms with Crippen molar-refractivity contribution in [2.45, 2.75) is 6.92 Å². The van der Waals surface area contributed by atoms with Gasteiger partial charge in [0.05, 0.1) is 0 Å². The molecule has 0 aliphatic heterocycles. The monoisotopic (exact) mass is 259 g/mol. The lowest BCUT2D eigenvalue weighted by molar-refractivity contribution is 1.21. The van der Waals surface area contributed by atoms with Gasteiger partial charge in [0.2, 0.25) is 6.71 Å². The van der Waals surface area contributed by atoms with Gasteiger partial charge >= 0.3 is 0 Å². The van der Waals surface area contributed by atoms with Crippen molar-refractivity contribution < 1.29 is 0 Å². The van der Waals surface area contributed by atoms with Crippen LogP contribution in [0.3, 0.4) is 0 Å². The summed E-state index contributed by atoms with van der Waals surface area (Å²) >= 11 is 0. The number of rotatable bonds is 3. The molecule has 0 saturated heterocycles. The number of aryl methyl sites for hydroxylation is 1. The normalized spacial score (nSPS) is 10.2. The van der Waals surface area contributed by atoms with Crippen molar-refractivity contribution in [2.75, 3.05) is 0 Å². The summed E-state index contributed by atoms with van der Waals surface area (Å²) in [5, 5.41) is 0. The third-order valence-electron chi connectivity index (χ3n) is 3.30. The molecule has 96 valence electrons. The largest absolute Gasteiger partial charge is 0.265 e. The Labute approximate surface area is 118 Å². The summed E-state index contributed by atoms with van der Waals surface area (Å²) in [6.45, 7) is 2.11. The predicted molar refractivity (Wildman–Crippen MR) is 82.1 cm³/mol. The van der Waals surface area contributed by atoms with Gasteiger partial charge in [-0.05, 0) is 25.1 Å². The molecule has 0 fully saturated rings. The lowest BCUT2D eigenvalue weighted by Crippen LogP contribution is -2.52. The van der Waals surface area contributed by atoms with E-state index in [0.29, 0.717) is 0 Å². The maximum atomic E-state index is 4.41. The van der Waals surface area contributed by atoms with Crippen LogP contribution in [0, 0.1) is 6.92 Å². The quantitative estimate of drug-likeness (QED) is 0.650. The van der Waals surface area contributed by atoms with Crippen LogP contribution >= 0.6 is 0 Å². The van der Waals surface area contributed by atoms with Crippen LogP contribution in [-0.2, 0) is 0 Å². The van der Waals surface area contributed by atoms with Crippen LogP contribution in [0.4, 0.5) is 0 Å². The highest BCUT2D eigenvalue weighted by Gasteiger charge is 2.22. The lowest BCUT2D eigenvalue weighted by Gasteiger charge is -2.14. The molecule has 0 atom stereocenters. The van der Waals surface area contributed by atoms with Gasteiger partial charge in [0.15, 0.2) is 0 Å². The third kappa shape index (κ3) is 2.59. The first-order chi connectivity index (χ1) is 9.84. The Morgan fingerprint density at radius 1 is 0.750 bits per heavy atom. The van der Waals surface area contributed by atoms with E-state index >= 15 is 0 Å². The Morgan fingerprint density at radius 3 is 1.80 bits per heavy atom. The molecule has 0 spiro atoms. The molecular formula is C16H14BN3. The maximum absolute atomic E-state index is 4.41. The van der Waals surface area contributed by atoms with Crippen LogP contribution in [0.1, 0.15) is 5.69 Å². The number of aromatic nitrogens is 3. The summed E-state index contributed by atoms with van der Waals surface area (Å²) in [4.78, 5) is 12.9. The highest BCUT2D eigenvalue weighted by Crippen LogP contribution is 1.94. The minimum absolute atomic E-state index is 0.116. The number of hydrogen-bond acceptors (Lipinski definition) is 3. The molecule has 0 bridgehead atoms. The van der Waals surface area contributed by atoms with E-state index in [1.165, 1.54) is 0 Å². The van der Waals surface area contributed by atoms with Gasteiger partial charge < -0.3 is 0 Å². The van der Waals surface area contributed by atoms with Gasteiger partial charge in [-0.2, -0.15) is 0 Å². The maximum Gasteiger partial charge on any atom is 0.247 e. The van der Waals surface area contributed by atoms with Crippen LogP contribution in [0.25, 0.3) is 0 Å². The van der Waals surface area contributed by atoms with Crippen LogP contribution in [0.2, 0.25) is 0 Å². The summed E-state index contributed by atoms with van der Waals surface area (Å²) in [7, 11) is 0. The first-order valence-electron chi connectivity index (χ1n) is 6.57. The second-order valence-corrected chi connectivity index (χ2v) is 4.74. The first-order valence-corrected chi connectivity index (χ1v) is 6.57. The van der Waals surface area contributed by atoms with E-state index < -0.39 is 0 Å². The molecule has 3 heterocycles. The minimum Gasteiger partial charge on any atom is -0.265 e. The second kappa shape index (κ2) is 5.65. The molecule has 0 aliphatic rings. The van der Waals surface area contributed by atoms with Crippen molar-refractivity contribution in [3.63, 3.8) is 0 Å². The van der Waals surface area contributed by atoms with Crippen LogP contribution < -0.4 is 16.4 Å². The summed E-state index contributed by atoms with van der Waals surface area (Å²) in [5.41, 5.74) is 4.46. The molecule has 4 heteroatoms. The zero-order valence-electron chi connectivity index (χ0n) is 11.3. The molecule has 0 N–H and O–H groups in total. The molecule has 0 aliphatic carbocycles. The number of pyridine rings is 3. The molecular weight excluding hydrogens is 245 g/mol. The molecule has 0 unspecified atom stereocenters. The molecule has 3 aromatic heterocycles.